The predicted octanol–water partition coefficient (Wildman–Crippen LogP) is 6.71. The van der Waals surface area contributed by atoms with Gasteiger partial charge in [0.15, 0.2) is 5.82 Å². The highest BCUT2D eigenvalue weighted by atomic mass is 19.2. The lowest BCUT2D eigenvalue weighted by Crippen LogP contribution is -2.26. The van der Waals surface area contributed by atoms with Gasteiger partial charge in [-0.25, -0.2) is 9.37 Å². The normalized spacial score (nSPS) is 30.4. The molecule has 0 bridgehead atoms. The van der Waals surface area contributed by atoms with Crippen molar-refractivity contribution in [3.63, 3.8) is 0 Å². The Bertz CT molecular complexity index is 529. The molecule has 2 saturated carbocycles. The number of hydrogen-bond acceptors (Lipinski definition) is 1. The molecule has 0 unspecified atom stereocenters. The van der Waals surface area contributed by atoms with Crippen LogP contribution in [0.15, 0.2) is 12.3 Å². The maximum Gasteiger partial charge on any atom is 0.248 e. The van der Waals surface area contributed by atoms with Crippen LogP contribution in [0.25, 0.3) is 0 Å². The molecule has 25 heavy (non-hydrogen) atoms. The molecule has 3 heteroatoms. The maximum absolute atomic E-state index is 13.2. The third kappa shape index (κ3) is 5.24. The maximum atomic E-state index is 13.2. The van der Waals surface area contributed by atoms with Crippen LogP contribution in [0.2, 0.25) is 0 Å². The van der Waals surface area contributed by atoms with Gasteiger partial charge in [-0.2, -0.15) is 4.39 Å². The molecule has 0 spiro atoms. The second-order valence-electron chi connectivity index (χ2n) is 8.51. The van der Waals surface area contributed by atoms with Crippen LogP contribution in [-0.2, 0) is 6.42 Å². The van der Waals surface area contributed by atoms with E-state index in [1.54, 1.807) is 0 Å². The van der Waals surface area contributed by atoms with Crippen molar-refractivity contribution in [2.24, 2.45) is 23.7 Å². The van der Waals surface area contributed by atoms with Gasteiger partial charge in [-0.3, -0.25) is 0 Å². The minimum absolute atomic E-state index is 0.751. The van der Waals surface area contributed by atoms with Gasteiger partial charge in [0.05, 0.1) is 0 Å². The van der Waals surface area contributed by atoms with E-state index in [9.17, 15) is 8.78 Å². The highest BCUT2D eigenvalue weighted by molar-refractivity contribution is 5.11. The van der Waals surface area contributed by atoms with Gasteiger partial charge < -0.3 is 0 Å². The Kier molecular flexibility index (Phi) is 6.84. The molecule has 0 N–H and O–H groups in total. The number of aryl methyl sites for hydroxylation is 1. The molecule has 2 aliphatic carbocycles. The summed E-state index contributed by atoms with van der Waals surface area (Å²) in [6.45, 7) is 2.31. The molecule has 1 heterocycles. The summed E-state index contributed by atoms with van der Waals surface area (Å²) in [5.74, 6) is 1.87. The molecular weight excluding hydrogens is 316 g/mol. The number of halogens is 2. The molecule has 3 rings (SSSR count). The largest absolute Gasteiger partial charge is 0.248 e. The van der Waals surface area contributed by atoms with Crippen molar-refractivity contribution < 1.29 is 8.78 Å². The minimum Gasteiger partial charge on any atom is -0.225 e. The van der Waals surface area contributed by atoms with Gasteiger partial charge >= 0.3 is 0 Å². The molecule has 140 valence electrons. The second-order valence-corrected chi connectivity index (χ2v) is 8.51. The van der Waals surface area contributed by atoms with Crippen LogP contribution < -0.4 is 0 Å². The van der Waals surface area contributed by atoms with E-state index < -0.39 is 11.8 Å². The van der Waals surface area contributed by atoms with Crippen molar-refractivity contribution in [1.82, 2.24) is 4.98 Å². The van der Waals surface area contributed by atoms with E-state index in [1.165, 1.54) is 76.5 Å². The van der Waals surface area contributed by atoms with Crippen molar-refractivity contribution in [3.8, 4) is 0 Å². The van der Waals surface area contributed by atoms with E-state index in [-0.39, 0.29) is 0 Å². The fourth-order valence-electron chi connectivity index (χ4n) is 5.27. The fourth-order valence-corrected chi connectivity index (χ4v) is 5.27. The first-order chi connectivity index (χ1) is 12.2. The van der Waals surface area contributed by atoms with E-state index >= 15 is 0 Å². The van der Waals surface area contributed by atoms with Gasteiger partial charge in [-0.1, -0.05) is 45.4 Å². The number of nitrogens with zero attached hydrogens (tertiary/aromatic N) is 1. The zero-order valence-corrected chi connectivity index (χ0v) is 15.7. The quantitative estimate of drug-likeness (QED) is 0.520. The summed E-state index contributed by atoms with van der Waals surface area (Å²) in [7, 11) is 0. The average Bonchev–Trinajstić information content (AvgIpc) is 2.64. The Morgan fingerprint density at radius 3 is 1.96 bits per heavy atom. The lowest BCUT2D eigenvalue weighted by atomic mass is 9.68. The molecule has 1 nitrogen and oxygen atoms in total. The molecule has 0 aromatic carbocycles. The summed E-state index contributed by atoms with van der Waals surface area (Å²) >= 11 is 0. The summed E-state index contributed by atoms with van der Waals surface area (Å²) < 4.78 is 26.1. The summed E-state index contributed by atoms with van der Waals surface area (Å²) in [6.07, 6.45) is 17.4. The van der Waals surface area contributed by atoms with Crippen molar-refractivity contribution >= 4 is 0 Å². The minimum atomic E-state index is -0.988. The van der Waals surface area contributed by atoms with Crippen molar-refractivity contribution in [2.75, 3.05) is 0 Å². The first kappa shape index (κ1) is 18.8. The Hall–Kier alpha value is -0.990. The summed E-state index contributed by atoms with van der Waals surface area (Å²) in [5.41, 5.74) is 0.829. The molecule has 0 atom stereocenters. The third-order valence-electron chi connectivity index (χ3n) is 6.84. The van der Waals surface area contributed by atoms with Gasteiger partial charge in [0.25, 0.3) is 0 Å². The predicted molar refractivity (Wildman–Crippen MR) is 98.3 cm³/mol. The summed E-state index contributed by atoms with van der Waals surface area (Å²) in [5, 5.41) is 0. The Morgan fingerprint density at radius 2 is 1.44 bits per heavy atom. The van der Waals surface area contributed by atoms with E-state index in [1.807, 2.05) is 0 Å². The van der Waals surface area contributed by atoms with Crippen molar-refractivity contribution in [2.45, 2.75) is 84.0 Å². The van der Waals surface area contributed by atoms with E-state index in [0.717, 1.165) is 42.1 Å². The molecule has 0 amide bonds. The molecule has 0 aliphatic heterocycles. The standard InChI is InChI=1S/C22H33F2N/c1-2-3-16-6-10-19(11-7-16)20-12-8-17(9-13-20)4-5-18-14-21(23)22(24)25-15-18/h14-17,19-20H,2-13H2,1H3/t16-,17-,19-,20-. The van der Waals surface area contributed by atoms with Crippen molar-refractivity contribution in [1.29, 1.82) is 0 Å². The Morgan fingerprint density at radius 1 is 0.880 bits per heavy atom. The van der Waals surface area contributed by atoms with Gasteiger partial charge in [0, 0.05) is 6.20 Å². The second kappa shape index (κ2) is 9.09. The zero-order chi connectivity index (χ0) is 17.6. The lowest BCUT2D eigenvalue weighted by Gasteiger charge is -2.38. The molecule has 0 radical (unpaired) electrons. The van der Waals surface area contributed by atoms with Crippen LogP contribution in [-0.4, -0.2) is 4.98 Å². The molecular formula is C22H33F2N. The molecule has 2 fully saturated rings. The number of pyridine rings is 1. The number of rotatable bonds is 6. The van der Waals surface area contributed by atoms with E-state index in [0.29, 0.717) is 0 Å². The smallest absolute Gasteiger partial charge is 0.225 e. The molecule has 1 aromatic rings. The average molecular weight is 350 g/mol. The Balaban J connectivity index is 1.38. The van der Waals surface area contributed by atoms with Crippen LogP contribution in [0.4, 0.5) is 8.78 Å². The molecule has 1 aromatic heterocycles. The van der Waals surface area contributed by atoms with Gasteiger partial charge in [0.1, 0.15) is 0 Å². The summed E-state index contributed by atoms with van der Waals surface area (Å²) in [4.78, 5) is 3.49. The van der Waals surface area contributed by atoms with Gasteiger partial charge in [-0.15, -0.1) is 0 Å². The van der Waals surface area contributed by atoms with Gasteiger partial charge in [-0.05, 0) is 73.8 Å². The molecule has 0 saturated heterocycles. The van der Waals surface area contributed by atoms with Crippen LogP contribution in [0, 0.1) is 35.4 Å². The molecule has 2 aliphatic rings. The lowest BCUT2D eigenvalue weighted by molar-refractivity contribution is 0.141. The Labute approximate surface area is 151 Å². The van der Waals surface area contributed by atoms with Crippen LogP contribution >= 0.6 is 0 Å². The zero-order valence-electron chi connectivity index (χ0n) is 15.7. The topological polar surface area (TPSA) is 12.9 Å². The highest BCUT2D eigenvalue weighted by Crippen LogP contribution is 2.42. The van der Waals surface area contributed by atoms with Crippen LogP contribution in [0.1, 0.15) is 83.1 Å². The first-order valence-corrected chi connectivity index (χ1v) is 10.5. The fraction of sp³-hybridized carbons (Fsp3) is 0.773. The SMILES string of the molecule is CCC[C@H]1CC[C@H]([C@H]2CC[C@H](CCc3cnc(F)c(F)c3)CC2)CC1. The first-order valence-electron chi connectivity index (χ1n) is 10.5. The van der Waals surface area contributed by atoms with Crippen LogP contribution in [0.3, 0.4) is 0 Å². The van der Waals surface area contributed by atoms with E-state index in [4.69, 9.17) is 0 Å². The third-order valence-corrected chi connectivity index (χ3v) is 6.84. The number of aromatic nitrogens is 1. The highest BCUT2D eigenvalue weighted by Gasteiger charge is 2.30. The summed E-state index contributed by atoms with van der Waals surface area (Å²) in [6, 6.07) is 1.31. The van der Waals surface area contributed by atoms with Crippen molar-refractivity contribution in [3.05, 3.63) is 29.6 Å². The number of hydrogen-bond donors (Lipinski definition) is 0. The monoisotopic (exact) mass is 349 g/mol. The van der Waals surface area contributed by atoms with Crippen LogP contribution in [0.5, 0.6) is 0 Å². The van der Waals surface area contributed by atoms with E-state index in [2.05, 4.69) is 11.9 Å². The van der Waals surface area contributed by atoms with Gasteiger partial charge in [0.2, 0.25) is 5.95 Å².